The molecule has 1 amide bonds. The summed E-state index contributed by atoms with van der Waals surface area (Å²) in [6.45, 7) is 3.96. The van der Waals surface area contributed by atoms with Gasteiger partial charge in [0.15, 0.2) is 0 Å². The zero-order valence-corrected chi connectivity index (χ0v) is 10.2. The Morgan fingerprint density at radius 2 is 2.25 bits per heavy atom. The van der Waals surface area contributed by atoms with Gasteiger partial charge in [-0.3, -0.25) is 4.79 Å². The quantitative estimate of drug-likeness (QED) is 0.792. The van der Waals surface area contributed by atoms with Crippen molar-refractivity contribution in [1.82, 2.24) is 4.90 Å². The Labute approximate surface area is 97.8 Å². The summed E-state index contributed by atoms with van der Waals surface area (Å²) in [5.74, 6) is 1.33. The molecule has 1 aliphatic heterocycles. The summed E-state index contributed by atoms with van der Waals surface area (Å²) in [4.78, 5) is 13.7. The minimum atomic E-state index is -0.111. The fourth-order valence-electron chi connectivity index (χ4n) is 3.02. The van der Waals surface area contributed by atoms with E-state index in [1.165, 1.54) is 0 Å². The third kappa shape index (κ3) is 2.57. The molecule has 0 aromatic carbocycles. The van der Waals surface area contributed by atoms with Crippen molar-refractivity contribution < 1.29 is 9.90 Å². The standard InChI is InChI=1S/C13H23NO2/c1-2-10-8-13(16)14(9-10)7-6-11-4-3-5-12(11)15/h10-12,15H,2-9H2,1H3. The number of carbonyl (C=O) groups is 1. The summed E-state index contributed by atoms with van der Waals surface area (Å²) in [5, 5.41) is 9.72. The van der Waals surface area contributed by atoms with Crippen LogP contribution in [0.25, 0.3) is 0 Å². The lowest BCUT2D eigenvalue weighted by atomic mass is 10.0. The van der Waals surface area contributed by atoms with Crippen LogP contribution < -0.4 is 0 Å². The molecule has 0 spiro atoms. The van der Waals surface area contributed by atoms with E-state index in [4.69, 9.17) is 0 Å². The number of likely N-dealkylation sites (tertiary alicyclic amines) is 1. The summed E-state index contributed by atoms with van der Waals surface area (Å²) in [7, 11) is 0. The molecule has 1 heterocycles. The lowest BCUT2D eigenvalue weighted by Crippen LogP contribution is -2.29. The van der Waals surface area contributed by atoms with Crippen LogP contribution in [0.15, 0.2) is 0 Å². The highest BCUT2D eigenvalue weighted by Gasteiger charge is 2.30. The lowest BCUT2D eigenvalue weighted by Gasteiger charge is -2.20. The molecular weight excluding hydrogens is 202 g/mol. The van der Waals surface area contributed by atoms with E-state index in [2.05, 4.69) is 6.92 Å². The molecule has 2 aliphatic rings. The summed E-state index contributed by atoms with van der Waals surface area (Å²) in [5.41, 5.74) is 0. The van der Waals surface area contributed by atoms with Gasteiger partial charge >= 0.3 is 0 Å². The molecule has 2 rings (SSSR count). The zero-order valence-electron chi connectivity index (χ0n) is 10.2. The van der Waals surface area contributed by atoms with Crippen LogP contribution in [0.2, 0.25) is 0 Å². The minimum Gasteiger partial charge on any atom is -0.393 e. The van der Waals surface area contributed by atoms with Crippen molar-refractivity contribution in [3.8, 4) is 0 Å². The molecule has 0 aromatic heterocycles. The van der Waals surface area contributed by atoms with Gasteiger partial charge in [-0.1, -0.05) is 19.8 Å². The van der Waals surface area contributed by atoms with Crippen molar-refractivity contribution in [3.05, 3.63) is 0 Å². The second-order valence-corrected chi connectivity index (χ2v) is 5.37. The number of rotatable bonds is 4. The van der Waals surface area contributed by atoms with Gasteiger partial charge in [0.25, 0.3) is 0 Å². The van der Waals surface area contributed by atoms with Gasteiger partial charge in [-0.05, 0) is 31.1 Å². The predicted molar refractivity (Wildman–Crippen MR) is 62.9 cm³/mol. The summed E-state index contributed by atoms with van der Waals surface area (Å²) in [6, 6.07) is 0. The van der Waals surface area contributed by atoms with Crippen LogP contribution in [-0.4, -0.2) is 35.1 Å². The monoisotopic (exact) mass is 225 g/mol. The van der Waals surface area contributed by atoms with Gasteiger partial charge in [-0.25, -0.2) is 0 Å². The zero-order chi connectivity index (χ0) is 11.5. The average Bonchev–Trinajstić information content (AvgIpc) is 2.82. The van der Waals surface area contributed by atoms with Crippen molar-refractivity contribution in [1.29, 1.82) is 0 Å². The molecule has 3 atom stereocenters. The molecule has 3 nitrogen and oxygen atoms in total. The smallest absolute Gasteiger partial charge is 0.222 e. The number of aliphatic hydroxyl groups is 1. The van der Waals surface area contributed by atoms with Crippen LogP contribution in [0.1, 0.15) is 45.4 Å². The fourth-order valence-corrected chi connectivity index (χ4v) is 3.02. The Balaban J connectivity index is 1.75. The fraction of sp³-hybridized carbons (Fsp3) is 0.923. The van der Waals surface area contributed by atoms with E-state index in [1.54, 1.807) is 0 Å². The molecule has 0 radical (unpaired) electrons. The number of aliphatic hydroxyl groups excluding tert-OH is 1. The molecule has 3 heteroatoms. The number of amides is 1. The van der Waals surface area contributed by atoms with E-state index in [-0.39, 0.29) is 6.10 Å². The van der Waals surface area contributed by atoms with E-state index < -0.39 is 0 Å². The van der Waals surface area contributed by atoms with Crippen LogP contribution in [0.4, 0.5) is 0 Å². The van der Waals surface area contributed by atoms with Crippen LogP contribution in [-0.2, 0) is 4.79 Å². The Morgan fingerprint density at radius 1 is 1.44 bits per heavy atom. The highest BCUT2D eigenvalue weighted by atomic mass is 16.3. The second-order valence-electron chi connectivity index (χ2n) is 5.37. The predicted octanol–water partition coefficient (Wildman–Crippen LogP) is 1.80. The van der Waals surface area contributed by atoms with Crippen molar-refractivity contribution >= 4 is 5.91 Å². The number of carbonyl (C=O) groups excluding carboxylic acids is 1. The molecule has 1 N–H and O–H groups in total. The maximum Gasteiger partial charge on any atom is 0.222 e. The highest BCUT2D eigenvalue weighted by molar-refractivity contribution is 5.78. The SMILES string of the molecule is CCC1CC(=O)N(CCC2CCCC2O)C1. The van der Waals surface area contributed by atoms with Gasteiger partial charge in [-0.15, -0.1) is 0 Å². The number of hydrogen-bond donors (Lipinski definition) is 1. The molecule has 16 heavy (non-hydrogen) atoms. The van der Waals surface area contributed by atoms with Crippen molar-refractivity contribution in [2.45, 2.75) is 51.6 Å². The van der Waals surface area contributed by atoms with Gasteiger partial charge in [0.2, 0.25) is 5.91 Å². The van der Waals surface area contributed by atoms with Gasteiger partial charge in [0, 0.05) is 19.5 Å². The summed E-state index contributed by atoms with van der Waals surface area (Å²) >= 11 is 0. The average molecular weight is 225 g/mol. The highest BCUT2D eigenvalue weighted by Crippen LogP contribution is 2.29. The molecule has 0 bridgehead atoms. The molecular formula is C13H23NO2. The third-order valence-electron chi connectivity index (χ3n) is 4.26. The first-order chi connectivity index (χ1) is 7.70. The summed E-state index contributed by atoms with van der Waals surface area (Å²) < 4.78 is 0. The maximum atomic E-state index is 11.7. The normalized spacial score (nSPS) is 35.0. The molecule has 92 valence electrons. The first kappa shape index (κ1) is 11.9. The van der Waals surface area contributed by atoms with Crippen LogP contribution >= 0.6 is 0 Å². The molecule has 2 fully saturated rings. The maximum absolute atomic E-state index is 11.7. The van der Waals surface area contributed by atoms with Gasteiger partial charge in [0.1, 0.15) is 0 Å². The van der Waals surface area contributed by atoms with E-state index in [9.17, 15) is 9.90 Å². The van der Waals surface area contributed by atoms with Crippen molar-refractivity contribution in [3.63, 3.8) is 0 Å². The molecule has 1 saturated carbocycles. The van der Waals surface area contributed by atoms with Crippen molar-refractivity contribution in [2.75, 3.05) is 13.1 Å². The number of nitrogens with zero attached hydrogens (tertiary/aromatic N) is 1. The largest absolute Gasteiger partial charge is 0.393 e. The van der Waals surface area contributed by atoms with E-state index in [0.29, 0.717) is 17.7 Å². The molecule has 0 aromatic rings. The Hall–Kier alpha value is -0.570. The summed E-state index contributed by atoms with van der Waals surface area (Å²) in [6.07, 6.45) is 5.97. The third-order valence-corrected chi connectivity index (χ3v) is 4.26. The topological polar surface area (TPSA) is 40.5 Å². The van der Waals surface area contributed by atoms with E-state index in [1.807, 2.05) is 4.90 Å². The first-order valence-corrected chi connectivity index (χ1v) is 6.66. The first-order valence-electron chi connectivity index (χ1n) is 6.66. The molecule has 1 aliphatic carbocycles. The molecule has 1 saturated heterocycles. The second kappa shape index (κ2) is 5.17. The minimum absolute atomic E-state index is 0.111. The van der Waals surface area contributed by atoms with Gasteiger partial charge in [0.05, 0.1) is 6.10 Å². The lowest BCUT2D eigenvalue weighted by molar-refractivity contribution is -0.128. The Kier molecular flexibility index (Phi) is 3.85. The van der Waals surface area contributed by atoms with Crippen molar-refractivity contribution in [2.24, 2.45) is 11.8 Å². The van der Waals surface area contributed by atoms with Gasteiger partial charge in [-0.2, -0.15) is 0 Å². The van der Waals surface area contributed by atoms with Gasteiger partial charge < -0.3 is 10.0 Å². The number of hydrogen-bond acceptors (Lipinski definition) is 2. The van der Waals surface area contributed by atoms with E-state index in [0.717, 1.165) is 51.6 Å². The van der Waals surface area contributed by atoms with E-state index >= 15 is 0 Å². The Morgan fingerprint density at radius 3 is 2.81 bits per heavy atom. The van der Waals surface area contributed by atoms with Crippen LogP contribution in [0.3, 0.4) is 0 Å². The van der Waals surface area contributed by atoms with Crippen LogP contribution in [0, 0.1) is 11.8 Å². The molecule has 3 unspecified atom stereocenters. The Bertz CT molecular complexity index is 254. The van der Waals surface area contributed by atoms with Crippen LogP contribution in [0.5, 0.6) is 0 Å².